The van der Waals surface area contributed by atoms with Gasteiger partial charge in [-0.15, -0.1) is 0 Å². The van der Waals surface area contributed by atoms with Crippen molar-refractivity contribution in [3.05, 3.63) is 29.8 Å². The van der Waals surface area contributed by atoms with Gasteiger partial charge in [-0.05, 0) is 65.4 Å². The van der Waals surface area contributed by atoms with E-state index in [4.69, 9.17) is 9.47 Å². The molecule has 40 heavy (non-hydrogen) atoms. The van der Waals surface area contributed by atoms with Crippen molar-refractivity contribution in [2.45, 2.75) is 91.0 Å². The molecule has 2 fully saturated rings. The number of likely N-dealkylation sites (tertiary alicyclic amines) is 2. The van der Waals surface area contributed by atoms with Crippen LogP contribution < -0.4 is 15.4 Å². The van der Waals surface area contributed by atoms with Gasteiger partial charge in [0.15, 0.2) is 0 Å². The van der Waals surface area contributed by atoms with Crippen LogP contribution in [-0.2, 0) is 25.7 Å². The molecule has 1 aromatic rings. The second kappa shape index (κ2) is 12.9. The Morgan fingerprint density at radius 2 is 1.73 bits per heavy atom. The molecular formula is C30H46N4O6. The van der Waals surface area contributed by atoms with Gasteiger partial charge in [0.05, 0.1) is 7.11 Å². The van der Waals surface area contributed by atoms with Gasteiger partial charge in [0.25, 0.3) is 0 Å². The molecule has 2 aliphatic rings. The van der Waals surface area contributed by atoms with Crippen LogP contribution in [-0.4, -0.2) is 77.5 Å². The van der Waals surface area contributed by atoms with Crippen LogP contribution in [0.4, 0.5) is 4.79 Å². The van der Waals surface area contributed by atoms with E-state index < -0.39 is 23.3 Å². The Balaban J connectivity index is 1.55. The van der Waals surface area contributed by atoms with Gasteiger partial charge in [-0.1, -0.05) is 32.0 Å². The van der Waals surface area contributed by atoms with Crippen LogP contribution in [0.2, 0.25) is 0 Å². The van der Waals surface area contributed by atoms with Gasteiger partial charge in [0.1, 0.15) is 22.9 Å². The number of piperidine rings is 1. The van der Waals surface area contributed by atoms with E-state index in [0.717, 1.165) is 12.0 Å². The lowest BCUT2D eigenvalue weighted by molar-refractivity contribution is -0.144. The molecule has 0 bridgehead atoms. The predicted molar refractivity (Wildman–Crippen MR) is 151 cm³/mol. The van der Waals surface area contributed by atoms with Crippen molar-refractivity contribution in [1.82, 2.24) is 20.4 Å². The van der Waals surface area contributed by atoms with Gasteiger partial charge in [0.2, 0.25) is 17.7 Å². The number of nitrogens with one attached hydrogen (secondary N) is 2. The Morgan fingerprint density at radius 3 is 2.33 bits per heavy atom. The summed E-state index contributed by atoms with van der Waals surface area (Å²) in [7, 11) is 1.59. The average molecular weight is 559 g/mol. The molecule has 3 rings (SSSR count). The van der Waals surface area contributed by atoms with Crippen molar-refractivity contribution in [1.29, 1.82) is 0 Å². The van der Waals surface area contributed by atoms with Crippen molar-refractivity contribution >= 4 is 23.8 Å². The Hall–Kier alpha value is -3.30. The number of carbonyl (C=O) groups is 4. The lowest BCUT2D eigenvalue weighted by Crippen LogP contribution is -2.59. The number of carbonyl (C=O) groups excluding carboxylic acids is 4. The Labute approximate surface area is 238 Å². The third-order valence-corrected chi connectivity index (χ3v) is 7.76. The van der Waals surface area contributed by atoms with Crippen LogP contribution in [0.15, 0.2) is 24.3 Å². The first-order valence-electron chi connectivity index (χ1n) is 14.3. The van der Waals surface area contributed by atoms with Crippen LogP contribution in [0.25, 0.3) is 0 Å². The Morgan fingerprint density at radius 1 is 1.07 bits per heavy atom. The maximum atomic E-state index is 13.6. The van der Waals surface area contributed by atoms with E-state index in [9.17, 15) is 19.2 Å². The molecule has 222 valence electrons. The zero-order valence-electron chi connectivity index (χ0n) is 25.0. The van der Waals surface area contributed by atoms with Gasteiger partial charge in [0, 0.05) is 37.7 Å². The molecule has 2 atom stereocenters. The summed E-state index contributed by atoms with van der Waals surface area (Å²) >= 11 is 0. The van der Waals surface area contributed by atoms with E-state index in [0.29, 0.717) is 51.2 Å². The van der Waals surface area contributed by atoms with Gasteiger partial charge in [-0.3, -0.25) is 19.3 Å². The van der Waals surface area contributed by atoms with Crippen molar-refractivity contribution in [3.63, 3.8) is 0 Å². The van der Waals surface area contributed by atoms with Crippen LogP contribution in [0.5, 0.6) is 5.75 Å². The van der Waals surface area contributed by atoms with E-state index in [1.54, 1.807) is 16.9 Å². The molecule has 0 saturated carbocycles. The summed E-state index contributed by atoms with van der Waals surface area (Å²) in [4.78, 5) is 55.9. The number of ether oxygens (including phenoxy) is 2. The maximum Gasteiger partial charge on any atom is 0.411 e. The third kappa shape index (κ3) is 7.46. The number of hydrogen-bond acceptors (Lipinski definition) is 6. The zero-order valence-corrected chi connectivity index (χ0v) is 25.0. The quantitative estimate of drug-likeness (QED) is 0.505. The number of para-hydroxylation sites is 1. The van der Waals surface area contributed by atoms with Gasteiger partial charge >= 0.3 is 6.09 Å². The van der Waals surface area contributed by atoms with Gasteiger partial charge in [-0.25, -0.2) is 4.79 Å². The summed E-state index contributed by atoms with van der Waals surface area (Å²) < 4.78 is 10.9. The molecule has 4 amide bonds. The standard InChI is InChI=1S/C30H46N4O6/c1-20(2)24(26(36)31-19-22-11-8-9-12-23(22)39-7)32-25(35)21-13-17-33(18-14-21)27(37)30(6)15-10-16-34(30)28(38)40-29(3,4)5/h8-9,11-12,20-21,24H,10,13-19H2,1-7H3,(H,31,36)(H,32,35)/t24-,30-/m0/s1. The summed E-state index contributed by atoms with van der Waals surface area (Å²) in [5, 5.41) is 5.87. The van der Waals surface area contributed by atoms with E-state index in [1.807, 2.05) is 65.8 Å². The van der Waals surface area contributed by atoms with Gasteiger partial charge < -0.3 is 25.0 Å². The summed E-state index contributed by atoms with van der Waals surface area (Å²) in [5.41, 5.74) is -0.751. The summed E-state index contributed by atoms with van der Waals surface area (Å²) in [6, 6.07) is 6.79. The highest BCUT2D eigenvalue weighted by molar-refractivity contribution is 5.91. The Bertz CT molecular complexity index is 1080. The number of rotatable bonds is 8. The smallest absolute Gasteiger partial charge is 0.411 e. The highest BCUT2D eigenvalue weighted by Gasteiger charge is 2.49. The first-order chi connectivity index (χ1) is 18.8. The SMILES string of the molecule is COc1ccccc1CNC(=O)[C@@H](NC(=O)C1CCN(C(=O)[C@]2(C)CCCN2C(=O)OC(C)(C)C)CC1)C(C)C. The normalized spacial score (nSPS) is 20.7. The van der Waals surface area contributed by atoms with E-state index in [1.165, 1.54) is 0 Å². The second-order valence-corrected chi connectivity index (χ2v) is 12.3. The summed E-state index contributed by atoms with van der Waals surface area (Å²) in [5.74, 6) is -0.255. The number of amides is 4. The van der Waals surface area contributed by atoms with Crippen molar-refractivity contribution in [3.8, 4) is 5.75 Å². The minimum absolute atomic E-state index is 0.106. The zero-order chi connectivity index (χ0) is 29.7. The number of methoxy groups -OCH3 is 1. The Kier molecular flexibility index (Phi) is 10.1. The van der Waals surface area contributed by atoms with Crippen LogP contribution in [0.1, 0.15) is 72.8 Å². The highest BCUT2D eigenvalue weighted by Crippen LogP contribution is 2.34. The minimum Gasteiger partial charge on any atom is -0.496 e. The molecule has 2 saturated heterocycles. The lowest BCUT2D eigenvalue weighted by atomic mass is 9.91. The second-order valence-electron chi connectivity index (χ2n) is 12.3. The fourth-order valence-electron chi connectivity index (χ4n) is 5.43. The first-order valence-corrected chi connectivity index (χ1v) is 14.3. The highest BCUT2D eigenvalue weighted by atomic mass is 16.6. The van der Waals surface area contributed by atoms with E-state index in [2.05, 4.69) is 10.6 Å². The van der Waals surface area contributed by atoms with Crippen LogP contribution in [0.3, 0.4) is 0 Å². The molecule has 0 aliphatic carbocycles. The topological polar surface area (TPSA) is 117 Å². The number of benzene rings is 1. The largest absolute Gasteiger partial charge is 0.496 e. The number of hydrogen-bond donors (Lipinski definition) is 2. The molecule has 1 aromatic carbocycles. The maximum absolute atomic E-state index is 13.6. The van der Waals surface area contributed by atoms with Crippen LogP contribution in [0, 0.1) is 11.8 Å². The monoisotopic (exact) mass is 558 g/mol. The molecule has 0 unspecified atom stereocenters. The average Bonchev–Trinajstić information content (AvgIpc) is 3.31. The van der Waals surface area contributed by atoms with Gasteiger partial charge in [-0.2, -0.15) is 0 Å². The van der Waals surface area contributed by atoms with Crippen molar-refractivity contribution < 1.29 is 28.7 Å². The molecule has 2 aliphatic heterocycles. The lowest BCUT2D eigenvalue weighted by Gasteiger charge is -2.41. The summed E-state index contributed by atoms with van der Waals surface area (Å²) in [6.45, 7) is 12.6. The van der Waals surface area contributed by atoms with Crippen molar-refractivity contribution in [2.75, 3.05) is 26.7 Å². The van der Waals surface area contributed by atoms with E-state index in [-0.39, 0.29) is 29.6 Å². The fourth-order valence-corrected chi connectivity index (χ4v) is 5.43. The predicted octanol–water partition coefficient (Wildman–Crippen LogP) is 3.48. The molecule has 2 heterocycles. The molecule has 0 radical (unpaired) electrons. The molecular weight excluding hydrogens is 512 g/mol. The molecule has 10 heteroatoms. The summed E-state index contributed by atoms with van der Waals surface area (Å²) in [6.07, 6.45) is 1.82. The molecule has 0 spiro atoms. The van der Waals surface area contributed by atoms with E-state index >= 15 is 0 Å². The third-order valence-electron chi connectivity index (χ3n) is 7.76. The molecule has 0 aromatic heterocycles. The van der Waals surface area contributed by atoms with Crippen LogP contribution >= 0.6 is 0 Å². The number of nitrogens with zero attached hydrogens (tertiary/aromatic N) is 2. The molecule has 2 N–H and O–H groups in total. The first kappa shape index (κ1) is 31.2. The molecule has 10 nitrogen and oxygen atoms in total. The minimum atomic E-state index is -0.959. The fraction of sp³-hybridized carbons (Fsp3) is 0.667. The van der Waals surface area contributed by atoms with Crippen molar-refractivity contribution in [2.24, 2.45) is 11.8 Å².